The van der Waals surface area contributed by atoms with Crippen LogP contribution in [0.15, 0.2) is 18.2 Å². The van der Waals surface area contributed by atoms with Gasteiger partial charge in [-0.25, -0.2) is 0 Å². The number of benzene rings is 1. The van der Waals surface area contributed by atoms with E-state index in [0.29, 0.717) is 21.9 Å². The Labute approximate surface area is 118 Å². The fraction of sp³-hybridized carbons (Fsp3) is 0.571. The van der Waals surface area contributed by atoms with E-state index in [1.165, 1.54) is 5.56 Å². The van der Waals surface area contributed by atoms with Crippen LogP contribution in [-0.4, -0.2) is 26.3 Å². The zero-order valence-electron chi connectivity index (χ0n) is 10.5. The van der Waals surface area contributed by atoms with Gasteiger partial charge in [0.25, 0.3) is 0 Å². The Balaban J connectivity index is 1.97. The summed E-state index contributed by atoms with van der Waals surface area (Å²) in [4.78, 5) is 0. The lowest BCUT2D eigenvalue weighted by Crippen LogP contribution is -2.28. The smallest absolute Gasteiger partial charge is 0.0595 e. The van der Waals surface area contributed by atoms with Gasteiger partial charge in [-0.3, -0.25) is 0 Å². The summed E-state index contributed by atoms with van der Waals surface area (Å²) in [5.41, 5.74) is 1.49. The van der Waals surface area contributed by atoms with E-state index in [2.05, 4.69) is 18.3 Å². The van der Waals surface area contributed by atoms with Crippen LogP contribution in [0, 0.1) is 11.8 Å². The molecule has 3 rings (SSSR count). The first-order valence-corrected chi connectivity index (χ1v) is 7.06. The monoisotopic (exact) mass is 285 g/mol. The molecule has 0 radical (unpaired) electrons. The lowest BCUT2D eigenvalue weighted by molar-refractivity contribution is 0.0871. The zero-order chi connectivity index (χ0) is 12.9. The zero-order valence-corrected chi connectivity index (χ0v) is 12.1. The number of hydrogen-bond acceptors (Lipinski definition) is 2. The van der Waals surface area contributed by atoms with Gasteiger partial charge in [0.2, 0.25) is 0 Å². The van der Waals surface area contributed by atoms with E-state index >= 15 is 0 Å². The summed E-state index contributed by atoms with van der Waals surface area (Å²) in [5.74, 6) is 1.24. The molecule has 1 saturated heterocycles. The summed E-state index contributed by atoms with van der Waals surface area (Å²) in [6, 6.07) is 6.03. The Morgan fingerprint density at radius 1 is 1.39 bits per heavy atom. The molecule has 4 atom stereocenters. The summed E-state index contributed by atoms with van der Waals surface area (Å²) >= 11 is 12.2. The van der Waals surface area contributed by atoms with E-state index in [-0.39, 0.29) is 11.5 Å². The molecule has 1 aromatic carbocycles. The minimum absolute atomic E-state index is 0.198. The molecular weight excluding hydrogens is 269 g/mol. The predicted octanol–water partition coefficient (Wildman–Crippen LogP) is 3.12. The SMILES string of the molecule is CO[C@@H](C)C1[C@H]2CNC[C@@]12c1ccc(Cl)c(Cl)c1. The molecule has 98 valence electrons. The molecule has 1 unspecified atom stereocenters. The quantitative estimate of drug-likeness (QED) is 0.922. The van der Waals surface area contributed by atoms with Crippen LogP contribution in [0.1, 0.15) is 12.5 Å². The molecule has 0 amide bonds. The highest BCUT2D eigenvalue weighted by molar-refractivity contribution is 6.42. The van der Waals surface area contributed by atoms with Crippen molar-refractivity contribution in [1.29, 1.82) is 0 Å². The van der Waals surface area contributed by atoms with Crippen molar-refractivity contribution < 1.29 is 4.74 Å². The largest absolute Gasteiger partial charge is 0.381 e. The first kappa shape index (κ1) is 12.7. The molecule has 2 nitrogen and oxygen atoms in total. The molecular formula is C14H17Cl2NO. The maximum absolute atomic E-state index is 6.15. The summed E-state index contributed by atoms with van der Waals surface area (Å²) in [6.45, 7) is 4.23. The van der Waals surface area contributed by atoms with E-state index in [0.717, 1.165) is 13.1 Å². The van der Waals surface area contributed by atoms with Crippen molar-refractivity contribution >= 4 is 23.2 Å². The Kier molecular flexibility index (Phi) is 3.10. The molecule has 1 aromatic rings. The molecule has 1 N–H and O–H groups in total. The number of piperidine rings is 1. The maximum atomic E-state index is 6.15. The molecule has 1 saturated carbocycles. The van der Waals surface area contributed by atoms with E-state index < -0.39 is 0 Å². The highest BCUT2D eigenvalue weighted by Crippen LogP contribution is 2.64. The van der Waals surface area contributed by atoms with E-state index in [1.807, 2.05) is 12.1 Å². The van der Waals surface area contributed by atoms with Crippen molar-refractivity contribution in [3.63, 3.8) is 0 Å². The van der Waals surface area contributed by atoms with Gasteiger partial charge in [0, 0.05) is 25.0 Å². The Morgan fingerprint density at radius 3 is 2.83 bits per heavy atom. The van der Waals surface area contributed by atoms with Gasteiger partial charge in [-0.05, 0) is 37.1 Å². The second kappa shape index (κ2) is 4.38. The summed E-state index contributed by atoms with van der Waals surface area (Å²) in [6.07, 6.45) is 0.284. The van der Waals surface area contributed by atoms with Crippen molar-refractivity contribution in [1.82, 2.24) is 5.32 Å². The fourth-order valence-electron chi connectivity index (χ4n) is 3.73. The normalized spacial score (nSPS) is 35.3. The molecule has 0 bridgehead atoms. The first-order valence-electron chi connectivity index (χ1n) is 6.30. The molecule has 2 aliphatic rings. The van der Waals surface area contributed by atoms with Gasteiger partial charge < -0.3 is 10.1 Å². The van der Waals surface area contributed by atoms with E-state index in [9.17, 15) is 0 Å². The van der Waals surface area contributed by atoms with Crippen LogP contribution in [0.4, 0.5) is 0 Å². The summed E-state index contributed by atoms with van der Waals surface area (Å²) in [7, 11) is 1.79. The van der Waals surface area contributed by atoms with Crippen LogP contribution in [0.3, 0.4) is 0 Å². The standard InChI is InChI=1S/C14H17Cl2NO/c1-8(18-2)13-10-6-17-7-14(10,13)9-3-4-11(15)12(16)5-9/h3-5,8,10,13,17H,6-7H2,1-2H3/t8-,10+,13?,14-/m0/s1. The minimum Gasteiger partial charge on any atom is -0.381 e. The third-order valence-electron chi connectivity index (χ3n) is 4.70. The topological polar surface area (TPSA) is 21.3 Å². The first-order chi connectivity index (χ1) is 8.61. The Bertz CT molecular complexity index is 479. The summed E-state index contributed by atoms with van der Waals surface area (Å²) in [5, 5.41) is 4.74. The molecule has 1 aliphatic carbocycles. The molecule has 1 aliphatic heterocycles. The molecule has 18 heavy (non-hydrogen) atoms. The van der Waals surface area contributed by atoms with Crippen molar-refractivity contribution in [3.8, 4) is 0 Å². The van der Waals surface area contributed by atoms with Crippen LogP contribution < -0.4 is 5.32 Å². The number of halogens is 2. The maximum Gasteiger partial charge on any atom is 0.0595 e. The Morgan fingerprint density at radius 2 is 2.17 bits per heavy atom. The van der Waals surface area contributed by atoms with Crippen LogP contribution in [-0.2, 0) is 10.2 Å². The van der Waals surface area contributed by atoms with Gasteiger partial charge in [0.1, 0.15) is 0 Å². The number of nitrogens with one attached hydrogen (secondary N) is 1. The third kappa shape index (κ3) is 1.63. The highest BCUT2D eigenvalue weighted by Gasteiger charge is 2.69. The van der Waals surface area contributed by atoms with Crippen LogP contribution in [0.2, 0.25) is 10.0 Å². The molecule has 2 fully saturated rings. The average Bonchev–Trinajstić information content (AvgIpc) is 2.81. The van der Waals surface area contributed by atoms with Gasteiger partial charge in [0.15, 0.2) is 0 Å². The average molecular weight is 286 g/mol. The number of hydrogen-bond donors (Lipinski definition) is 1. The molecule has 1 heterocycles. The molecule has 0 aromatic heterocycles. The van der Waals surface area contributed by atoms with Gasteiger partial charge in [-0.1, -0.05) is 29.3 Å². The molecule has 0 spiro atoms. The second-order valence-corrected chi connectivity index (χ2v) is 6.19. The van der Waals surface area contributed by atoms with Crippen molar-refractivity contribution in [2.75, 3.05) is 20.2 Å². The lowest BCUT2D eigenvalue weighted by Gasteiger charge is -2.20. The van der Waals surface area contributed by atoms with Gasteiger partial charge in [-0.2, -0.15) is 0 Å². The second-order valence-electron chi connectivity index (χ2n) is 5.37. The lowest BCUT2D eigenvalue weighted by atomic mass is 9.91. The fourth-order valence-corrected chi connectivity index (χ4v) is 4.03. The van der Waals surface area contributed by atoms with E-state index in [4.69, 9.17) is 27.9 Å². The van der Waals surface area contributed by atoms with Crippen molar-refractivity contribution in [2.24, 2.45) is 11.8 Å². The molecule has 4 heteroatoms. The van der Waals surface area contributed by atoms with Crippen LogP contribution in [0.25, 0.3) is 0 Å². The van der Waals surface area contributed by atoms with Gasteiger partial charge in [0.05, 0.1) is 16.1 Å². The van der Waals surface area contributed by atoms with Crippen LogP contribution in [0.5, 0.6) is 0 Å². The third-order valence-corrected chi connectivity index (χ3v) is 5.44. The van der Waals surface area contributed by atoms with Gasteiger partial charge >= 0.3 is 0 Å². The number of fused-ring (bicyclic) bond motifs is 1. The number of rotatable bonds is 3. The Hall–Kier alpha value is -0.280. The van der Waals surface area contributed by atoms with Gasteiger partial charge in [-0.15, -0.1) is 0 Å². The van der Waals surface area contributed by atoms with Crippen LogP contribution >= 0.6 is 23.2 Å². The minimum atomic E-state index is 0.198. The summed E-state index contributed by atoms with van der Waals surface area (Å²) < 4.78 is 5.52. The number of methoxy groups -OCH3 is 1. The number of ether oxygens (including phenoxy) is 1. The van der Waals surface area contributed by atoms with Crippen molar-refractivity contribution in [2.45, 2.75) is 18.4 Å². The van der Waals surface area contributed by atoms with Crippen molar-refractivity contribution in [3.05, 3.63) is 33.8 Å². The van der Waals surface area contributed by atoms with E-state index in [1.54, 1.807) is 7.11 Å². The predicted molar refractivity (Wildman–Crippen MR) is 74.5 cm³/mol. The highest BCUT2D eigenvalue weighted by atomic mass is 35.5.